The second kappa shape index (κ2) is 8.09. The molecule has 0 unspecified atom stereocenters. The smallest absolute Gasteiger partial charge is 0.321 e. The molecule has 22 heavy (non-hydrogen) atoms. The van der Waals surface area contributed by atoms with E-state index in [1.807, 2.05) is 20.8 Å². The van der Waals surface area contributed by atoms with Crippen LogP contribution in [0.4, 0.5) is 4.79 Å². The van der Waals surface area contributed by atoms with Gasteiger partial charge in [-0.3, -0.25) is 19.8 Å². The summed E-state index contributed by atoms with van der Waals surface area (Å²) < 4.78 is 0. The minimum absolute atomic E-state index is 0.00376. The van der Waals surface area contributed by atoms with E-state index in [4.69, 9.17) is 0 Å². The Kier molecular flexibility index (Phi) is 6.76. The van der Waals surface area contributed by atoms with Gasteiger partial charge in [-0.2, -0.15) is 0 Å². The fourth-order valence-corrected chi connectivity index (χ4v) is 2.08. The van der Waals surface area contributed by atoms with Gasteiger partial charge < -0.3 is 15.5 Å². The van der Waals surface area contributed by atoms with Crippen LogP contribution in [-0.2, 0) is 9.59 Å². The second-order valence-electron chi connectivity index (χ2n) is 6.56. The summed E-state index contributed by atoms with van der Waals surface area (Å²) in [5.74, 6) is -0.437. The Bertz CT molecular complexity index is 413. The molecule has 1 heterocycles. The number of likely N-dealkylation sites (N-methyl/N-ethyl adjacent to an activating group) is 1. The van der Waals surface area contributed by atoms with E-state index >= 15 is 0 Å². The molecule has 1 aliphatic rings. The number of piperazine rings is 1. The summed E-state index contributed by atoms with van der Waals surface area (Å²) in [7, 11) is 1.68. The molecular formula is C14H27N5O3. The molecule has 0 spiro atoms. The molecule has 0 radical (unpaired) electrons. The molecule has 0 saturated carbocycles. The van der Waals surface area contributed by atoms with Crippen LogP contribution in [0.3, 0.4) is 0 Å². The molecule has 0 aromatic heterocycles. The average Bonchev–Trinajstić information content (AvgIpc) is 2.36. The summed E-state index contributed by atoms with van der Waals surface area (Å²) in [4.78, 5) is 38.8. The lowest BCUT2D eigenvalue weighted by atomic mass is 10.1. The standard InChI is InChI=1S/C14H27N5O3/c1-14(2,3)17-13(22)16-11(20)9-18(4)10-12(21)19-7-5-15-6-8-19/h15H,5-10H2,1-4H3,(H2,16,17,20,22). The lowest BCUT2D eigenvalue weighted by Gasteiger charge is -2.29. The molecule has 1 rings (SSSR count). The lowest BCUT2D eigenvalue weighted by Crippen LogP contribution is -2.52. The third-order valence-corrected chi connectivity index (χ3v) is 3.03. The van der Waals surface area contributed by atoms with E-state index in [1.54, 1.807) is 16.8 Å². The molecule has 0 aliphatic carbocycles. The van der Waals surface area contributed by atoms with Crippen LogP contribution in [0.1, 0.15) is 20.8 Å². The number of hydrogen-bond acceptors (Lipinski definition) is 5. The zero-order valence-electron chi connectivity index (χ0n) is 13.9. The second-order valence-corrected chi connectivity index (χ2v) is 6.56. The van der Waals surface area contributed by atoms with E-state index in [-0.39, 0.29) is 19.0 Å². The first-order chi connectivity index (χ1) is 10.2. The van der Waals surface area contributed by atoms with Crippen LogP contribution in [0.25, 0.3) is 0 Å². The first kappa shape index (κ1) is 18.4. The van der Waals surface area contributed by atoms with Gasteiger partial charge in [0, 0.05) is 31.7 Å². The van der Waals surface area contributed by atoms with Gasteiger partial charge in [-0.25, -0.2) is 4.79 Å². The van der Waals surface area contributed by atoms with Crippen molar-refractivity contribution in [1.29, 1.82) is 0 Å². The van der Waals surface area contributed by atoms with Crippen LogP contribution in [0, 0.1) is 0 Å². The van der Waals surface area contributed by atoms with E-state index in [9.17, 15) is 14.4 Å². The number of nitrogens with zero attached hydrogens (tertiary/aromatic N) is 2. The van der Waals surface area contributed by atoms with Crippen LogP contribution in [0.5, 0.6) is 0 Å². The van der Waals surface area contributed by atoms with Crippen LogP contribution < -0.4 is 16.0 Å². The molecule has 0 bridgehead atoms. The maximum absolute atomic E-state index is 12.0. The van der Waals surface area contributed by atoms with Crippen molar-refractivity contribution >= 4 is 17.8 Å². The van der Waals surface area contributed by atoms with Gasteiger partial charge in [-0.15, -0.1) is 0 Å². The molecule has 1 fully saturated rings. The maximum Gasteiger partial charge on any atom is 0.321 e. The molecular weight excluding hydrogens is 286 g/mol. The zero-order valence-corrected chi connectivity index (χ0v) is 13.9. The quantitative estimate of drug-likeness (QED) is 0.617. The Morgan fingerprint density at radius 3 is 2.27 bits per heavy atom. The van der Waals surface area contributed by atoms with Crippen LogP contribution in [0.2, 0.25) is 0 Å². The summed E-state index contributed by atoms with van der Waals surface area (Å²) in [5.41, 5.74) is -0.408. The Labute approximate surface area is 131 Å². The molecule has 3 N–H and O–H groups in total. The molecule has 1 aliphatic heterocycles. The Morgan fingerprint density at radius 2 is 1.73 bits per heavy atom. The van der Waals surface area contributed by atoms with Gasteiger partial charge in [0.15, 0.2) is 0 Å². The van der Waals surface area contributed by atoms with E-state index in [0.717, 1.165) is 13.1 Å². The minimum atomic E-state index is -0.528. The van der Waals surface area contributed by atoms with Crippen molar-refractivity contribution in [1.82, 2.24) is 25.8 Å². The molecule has 8 heteroatoms. The normalized spacial score (nSPS) is 15.6. The predicted molar refractivity (Wildman–Crippen MR) is 83.4 cm³/mol. The Morgan fingerprint density at radius 1 is 1.14 bits per heavy atom. The van der Waals surface area contributed by atoms with Crippen LogP contribution >= 0.6 is 0 Å². The molecule has 0 atom stereocenters. The monoisotopic (exact) mass is 313 g/mol. The number of amides is 4. The predicted octanol–water partition coefficient (Wildman–Crippen LogP) is -1.03. The number of carbonyl (C=O) groups excluding carboxylic acids is 3. The lowest BCUT2D eigenvalue weighted by molar-refractivity contribution is -0.133. The molecule has 1 saturated heterocycles. The molecule has 126 valence electrons. The summed E-state index contributed by atoms with van der Waals surface area (Å²) >= 11 is 0. The maximum atomic E-state index is 12.0. The topological polar surface area (TPSA) is 93.8 Å². The summed E-state index contributed by atoms with van der Waals surface area (Å²) in [6.45, 7) is 8.61. The number of carbonyl (C=O) groups is 3. The van der Waals surface area contributed by atoms with Gasteiger partial charge in [0.25, 0.3) is 0 Å². The highest BCUT2D eigenvalue weighted by atomic mass is 16.2. The van der Waals surface area contributed by atoms with E-state index in [0.29, 0.717) is 13.1 Å². The van der Waals surface area contributed by atoms with Gasteiger partial charge in [0.05, 0.1) is 13.1 Å². The highest BCUT2D eigenvalue weighted by Gasteiger charge is 2.20. The highest BCUT2D eigenvalue weighted by molar-refractivity contribution is 5.95. The van der Waals surface area contributed by atoms with Crippen molar-refractivity contribution in [3.8, 4) is 0 Å². The van der Waals surface area contributed by atoms with E-state index in [2.05, 4.69) is 16.0 Å². The van der Waals surface area contributed by atoms with E-state index in [1.165, 1.54) is 0 Å². The van der Waals surface area contributed by atoms with Gasteiger partial charge in [-0.1, -0.05) is 0 Å². The molecule has 4 amide bonds. The van der Waals surface area contributed by atoms with Crippen LogP contribution in [0.15, 0.2) is 0 Å². The van der Waals surface area contributed by atoms with Crippen molar-refractivity contribution < 1.29 is 14.4 Å². The zero-order chi connectivity index (χ0) is 16.8. The van der Waals surface area contributed by atoms with Crippen LogP contribution in [-0.4, -0.2) is 79.5 Å². The van der Waals surface area contributed by atoms with E-state index < -0.39 is 17.5 Å². The Balaban J connectivity index is 2.31. The number of nitrogens with one attached hydrogen (secondary N) is 3. The number of rotatable bonds is 4. The molecule has 0 aromatic carbocycles. The fourth-order valence-electron chi connectivity index (χ4n) is 2.08. The third kappa shape index (κ3) is 7.37. The largest absolute Gasteiger partial charge is 0.339 e. The minimum Gasteiger partial charge on any atom is -0.339 e. The third-order valence-electron chi connectivity index (χ3n) is 3.03. The van der Waals surface area contributed by atoms with Crippen molar-refractivity contribution in [3.63, 3.8) is 0 Å². The van der Waals surface area contributed by atoms with Gasteiger partial charge >= 0.3 is 6.03 Å². The Hall–Kier alpha value is -1.67. The molecule has 0 aromatic rings. The average molecular weight is 313 g/mol. The van der Waals surface area contributed by atoms with Gasteiger partial charge in [0.1, 0.15) is 0 Å². The molecule has 8 nitrogen and oxygen atoms in total. The summed E-state index contributed by atoms with van der Waals surface area (Å²) in [6, 6.07) is -0.528. The summed E-state index contributed by atoms with van der Waals surface area (Å²) in [5, 5.41) is 8.08. The number of urea groups is 1. The number of imide groups is 1. The fraction of sp³-hybridized carbons (Fsp3) is 0.786. The highest BCUT2D eigenvalue weighted by Crippen LogP contribution is 1.98. The van der Waals surface area contributed by atoms with Crippen molar-refractivity contribution in [2.75, 3.05) is 46.3 Å². The number of hydrogen-bond donors (Lipinski definition) is 3. The first-order valence-electron chi connectivity index (χ1n) is 7.46. The SMILES string of the molecule is CN(CC(=O)NC(=O)NC(C)(C)C)CC(=O)N1CCNCC1. The van der Waals surface area contributed by atoms with Gasteiger partial charge in [-0.05, 0) is 27.8 Å². The van der Waals surface area contributed by atoms with Crippen molar-refractivity contribution in [2.24, 2.45) is 0 Å². The van der Waals surface area contributed by atoms with Crippen molar-refractivity contribution in [2.45, 2.75) is 26.3 Å². The summed E-state index contributed by atoms with van der Waals surface area (Å²) in [6.07, 6.45) is 0. The first-order valence-corrected chi connectivity index (χ1v) is 7.46. The van der Waals surface area contributed by atoms with Gasteiger partial charge in [0.2, 0.25) is 11.8 Å². The van der Waals surface area contributed by atoms with Crippen molar-refractivity contribution in [3.05, 3.63) is 0 Å².